The molecule has 3 aromatic rings. The molecular weight excluding hydrogens is 499 g/mol. The fourth-order valence-electron chi connectivity index (χ4n) is 4.75. The average molecular weight is 525 g/mol. The number of carboxylic acid groups (broad SMARTS) is 1. The van der Waals surface area contributed by atoms with E-state index in [-0.39, 0.29) is 27.9 Å². The van der Waals surface area contributed by atoms with Crippen molar-refractivity contribution in [1.29, 1.82) is 0 Å². The average Bonchev–Trinajstić information content (AvgIpc) is 3.36. The van der Waals surface area contributed by atoms with Gasteiger partial charge in [-0.2, -0.15) is 0 Å². The molecule has 2 amide bonds. The lowest BCUT2D eigenvalue weighted by molar-refractivity contribution is -0.142. The van der Waals surface area contributed by atoms with Crippen LogP contribution in [0.15, 0.2) is 72.8 Å². The zero-order valence-electron chi connectivity index (χ0n) is 19.5. The molecule has 0 saturated heterocycles. The van der Waals surface area contributed by atoms with Gasteiger partial charge in [-0.3, -0.25) is 9.59 Å². The summed E-state index contributed by atoms with van der Waals surface area (Å²) in [4.78, 5) is 38.0. The van der Waals surface area contributed by atoms with E-state index in [1.807, 2.05) is 30.3 Å². The van der Waals surface area contributed by atoms with E-state index in [1.165, 1.54) is 0 Å². The molecule has 0 aromatic heterocycles. The predicted molar refractivity (Wildman–Crippen MR) is 141 cm³/mol. The number of carbonyl (C=O) groups excluding carboxylic acids is 2. The van der Waals surface area contributed by atoms with Crippen molar-refractivity contribution < 1.29 is 19.5 Å². The first-order valence-electron chi connectivity index (χ1n) is 11.7. The van der Waals surface area contributed by atoms with Gasteiger partial charge in [-0.05, 0) is 48.2 Å². The van der Waals surface area contributed by atoms with E-state index in [0.29, 0.717) is 24.1 Å². The summed E-state index contributed by atoms with van der Waals surface area (Å²) in [7, 11) is 0. The van der Waals surface area contributed by atoms with Crippen molar-refractivity contribution in [2.75, 3.05) is 5.32 Å². The Balaban J connectivity index is 1.45. The highest BCUT2D eigenvalue weighted by atomic mass is 35.5. The van der Waals surface area contributed by atoms with Crippen molar-refractivity contribution in [1.82, 2.24) is 5.32 Å². The van der Waals surface area contributed by atoms with Crippen LogP contribution in [0, 0.1) is 0 Å². The summed E-state index contributed by atoms with van der Waals surface area (Å²) >= 11 is 12.2. The lowest BCUT2D eigenvalue weighted by Gasteiger charge is -2.30. The largest absolute Gasteiger partial charge is 0.480 e. The fourth-order valence-corrected chi connectivity index (χ4v) is 5.32. The lowest BCUT2D eigenvalue weighted by Crippen LogP contribution is -2.50. The highest BCUT2D eigenvalue weighted by molar-refractivity contribution is 6.40. The molecule has 0 unspecified atom stereocenters. The molecule has 1 aliphatic carbocycles. The second-order valence-electron chi connectivity index (χ2n) is 8.97. The number of hydrogen-bond donors (Lipinski definition) is 3. The minimum Gasteiger partial charge on any atom is -0.480 e. The van der Waals surface area contributed by atoms with Crippen LogP contribution in [0.5, 0.6) is 0 Å². The van der Waals surface area contributed by atoms with E-state index in [2.05, 4.69) is 10.6 Å². The van der Waals surface area contributed by atoms with Crippen LogP contribution in [0.2, 0.25) is 10.0 Å². The maximum absolute atomic E-state index is 13.4. The Morgan fingerprint density at radius 1 is 0.861 bits per heavy atom. The topological polar surface area (TPSA) is 95.5 Å². The van der Waals surface area contributed by atoms with Crippen LogP contribution in [-0.2, 0) is 21.4 Å². The fraction of sp³-hybridized carbons (Fsp3) is 0.250. The molecule has 36 heavy (non-hydrogen) atoms. The third-order valence-corrected chi connectivity index (χ3v) is 7.29. The number of aliphatic carboxylic acids is 1. The van der Waals surface area contributed by atoms with Gasteiger partial charge in [0, 0.05) is 12.1 Å². The molecule has 3 aromatic carbocycles. The minimum atomic E-state index is -1.10. The van der Waals surface area contributed by atoms with Crippen LogP contribution in [0.3, 0.4) is 0 Å². The first-order chi connectivity index (χ1) is 17.3. The molecule has 0 radical (unpaired) electrons. The molecule has 8 heteroatoms. The molecule has 186 valence electrons. The minimum absolute atomic E-state index is 0.108. The molecule has 6 nitrogen and oxygen atoms in total. The Morgan fingerprint density at radius 2 is 1.47 bits per heavy atom. The number of carboxylic acids is 1. The number of benzene rings is 3. The molecule has 1 aliphatic rings. The molecule has 0 heterocycles. The van der Waals surface area contributed by atoms with Crippen molar-refractivity contribution in [3.05, 3.63) is 99.5 Å². The summed E-state index contributed by atoms with van der Waals surface area (Å²) < 4.78 is 0. The Labute approximate surface area is 219 Å². The van der Waals surface area contributed by atoms with Gasteiger partial charge in [0.05, 0.1) is 21.0 Å². The Bertz CT molecular complexity index is 1240. The third kappa shape index (κ3) is 5.55. The first-order valence-corrected chi connectivity index (χ1v) is 12.5. The summed E-state index contributed by atoms with van der Waals surface area (Å²) in [5.74, 6) is -1.80. The van der Waals surface area contributed by atoms with Gasteiger partial charge in [0.15, 0.2) is 0 Å². The van der Waals surface area contributed by atoms with Crippen LogP contribution in [0.1, 0.15) is 47.2 Å². The molecule has 1 saturated carbocycles. The second-order valence-corrected chi connectivity index (χ2v) is 9.79. The second kappa shape index (κ2) is 11.1. The maximum atomic E-state index is 13.4. The van der Waals surface area contributed by atoms with Crippen LogP contribution >= 0.6 is 23.2 Å². The standard InChI is InChI=1S/C28H26Cl2N2O4/c29-21-9-6-10-22(30)24(21)25(33)31-20-13-11-18(12-14-20)17-23(26(34)35)32-27(36)28(15-4-5-16-28)19-7-2-1-3-8-19/h1-3,6-14,23H,4-5,15-17H2,(H,31,33)(H,32,36)(H,34,35)/t23-/m0/s1. The number of halogens is 2. The van der Waals surface area contributed by atoms with Gasteiger partial charge >= 0.3 is 5.97 Å². The van der Waals surface area contributed by atoms with Crippen LogP contribution in [0.4, 0.5) is 5.69 Å². The van der Waals surface area contributed by atoms with Crippen molar-refractivity contribution >= 4 is 46.7 Å². The lowest BCUT2D eigenvalue weighted by atomic mass is 9.77. The van der Waals surface area contributed by atoms with Gasteiger partial charge in [0.2, 0.25) is 5.91 Å². The number of rotatable bonds is 8. The zero-order valence-corrected chi connectivity index (χ0v) is 21.0. The highest BCUT2D eigenvalue weighted by Crippen LogP contribution is 2.41. The number of hydrogen-bond acceptors (Lipinski definition) is 3. The van der Waals surface area contributed by atoms with Crippen molar-refractivity contribution in [3.8, 4) is 0 Å². The summed E-state index contributed by atoms with van der Waals surface area (Å²) in [6.45, 7) is 0. The van der Waals surface area contributed by atoms with E-state index in [0.717, 1.165) is 18.4 Å². The van der Waals surface area contributed by atoms with E-state index in [4.69, 9.17) is 23.2 Å². The summed E-state index contributed by atoms with van der Waals surface area (Å²) in [6.07, 6.45) is 3.34. The van der Waals surface area contributed by atoms with Gasteiger partial charge in [-0.1, -0.05) is 84.6 Å². The molecule has 3 N–H and O–H groups in total. The molecule has 0 bridgehead atoms. The van der Waals surface area contributed by atoms with Crippen molar-refractivity contribution in [2.24, 2.45) is 0 Å². The normalized spacial score (nSPS) is 15.2. The van der Waals surface area contributed by atoms with E-state index in [9.17, 15) is 19.5 Å². The maximum Gasteiger partial charge on any atom is 0.326 e. The monoisotopic (exact) mass is 524 g/mol. The van der Waals surface area contributed by atoms with Crippen molar-refractivity contribution in [2.45, 2.75) is 43.6 Å². The Morgan fingerprint density at radius 3 is 2.06 bits per heavy atom. The van der Waals surface area contributed by atoms with Gasteiger partial charge in [0.25, 0.3) is 5.91 Å². The number of amides is 2. The Hall–Kier alpha value is -3.35. The summed E-state index contributed by atoms with van der Waals surface area (Å²) in [5.41, 5.74) is 1.60. The quantitative estimate of drug-likeness (QED) is 0.343. The van der Waals surface area contributed by atoms with Crippen LogP contribution in [0.25, 0.3) is 0 Å². The molecule has 4 rings (SSSR count). The van der Waals surface area contributed by atoms with E-state index in [1.54, 1.807) is 42.5 Å². The van der Waals surface area contributed by atoms with Gasteiger partial charge in [-0.25, -0.2) is 4.79 Å². The zero-order chi connectivity index (χ0) is 25.7. The van der Waals surface area contributed by atoms with E-state index < -0.39 is 23.3 Å². The van der Waals surface area contributed by atoms with E-state index >= 15 is 0 Å². The molecular formula is C28H26Cl2N2O4. The highest BCUT2D eigenvalue weighted by Gasteiger charge is 2.43. The van der Waals surface area contributed by atoms with Crippen LogP contribution < -0.4 is 10.6 Å². The number of anilines is 1. The van der Waals surface area contributed by atoms with Crippen molar-refractivity contribution in [3.63, 3.8) is 0 Å². The third-order valence-electron chi connectivity index (χ3n) is 6.66. The Kier molecular flexibility index (Phi) is 7.97. The first kappa shape index (κ1) is 25.7. The molecule has 0 aliphatic heterocycles. The van der Waals surface area contributed by atoms with Gasteiger partial charge < -0.3 is 15.7 Å². The molecule has 1 fully saturated rings. The SMILES string of the molecule is O=C(Nc1ccc(C[C@H](NC(=O)C2(c3ccccc3)CCCC2)C(=O)O)cc1)c1c(Cl)cccc1Cl. The summed E-state index contributed by atoms with van der Waals surface area (Å²) in [5, 5.41) is 15.9. The summed E-state index contributed by atoms with van der Waals surface area (Å²) in [6, 6.07) is 20.1. The predicted octanol–water partition coefficient (Wildman–Crippen LogP) is 5.87. The number of nitrogens with one attached hydrogen (secondary N) is 2. The number of carbonyl (C=O) groups is 3. The van der Waals surface area contributed by atoms with Gasteiger partial charge in [-0.15, -0.1) is 0 Å². The molecule has 0 spiro atoms. The van der Waals surface area contributed by atoms with Crippen LogP contribution in [-0.4, -0.2) is 28.9 Å². The molecule has 1 atom stereocenters. The van der Waals surface area contributed by atoms with Gasteiger partial charge in [0.1, 0.15) is 6.04 Å². The smallest absolute Gasteiger partial charge is 0.326 e.